The predicted octanol–water partition coefficient (Wildman–Crippen LogP) is 1.81. The number of rotatable bonds is 5. The third kappa shape index (κ3) is 3.95. The Morgan fingerprint density at radius 3 is 2.95 bits per heavy atom. The van der Waals surface area contributed by atoms with Gasteiger partial charge in [-0.05, 0) is 12.0 Å². The molecule has 0 saturated heterocycles. The Labute approximate surface area is 127 Å². The molecule has 0 aliphatic heterocycles. The Morgan fingerprint density at radius 1 is 1.52 bits per heavy atom. The number of hydrogen-bond acceptors (Lipinski definition) is 3. The number of pyridine rings is 1. The van der Waals surface area contributed by atoms with E-state index in [1.807, 2.05) is 4.57 Å². The van der Waals surface area contributed by atoms with E-state index in [0.717, 1.165) is 12.2 Å². The van der Waals surface area contributed by atoms with Crippen molar-refractivity contribution in [3.63, 3.8) is 0 Å². The molecular weight excluding hydrogens is 292 g/mol. The minimum Gasteiger partial charge on any atom is -0.346 e. The molecule has 0 radical (unpaired) electrons. The number of halogens is 1. The van der Waals surface area contributed by atoms with Crippen LogP contribution in [-0.4, -0.2) is 20.4 Å². The fourth-order valence-electron chi connectivity index (χ4n) is 1.91. The zero-order chi connectivity index (χ0) is 15.4. The highest BCUT2D eigenvalue weighted by atomic mass is 35.5. The van der Waals surface area contributed by atoms with Crippen molar-refractivity contribution in [3.05, 3.63) is 51.4 Å². The molecule has 6 nitrogen and oxygen atoms in total. The second-order valence-corrected chi connectivity index (χ2v) is 5.59. The molecule has 0 unspecified atom stereocenters. The van der Waals surface area contributed by atoms with Crippen LogP contribution in [0.25, 0.3) is 0 Å². The summed E-state index contributed by atoms with van der Waals surface area (Å²) in [7, 11) is 0. The van der Waals surface area contributed by atoms with Crippen molar-refractivity contribution < 1.29 is 4.79 Å². The van der Waals surface area contributed by atoms with E-state index in [1.165, 1.54) is 12.3 Å². The quantitative estimate of drug-likeness (QED) is 0.884. The lowest BCUT2D eigenvalue weighted by molar-refractivity contribution is 0.0949. The van der Waals surface area contributed by atoms with E-state index in [1.54, 1.807) is 12.5 Å². The van der Waals surface area contributed by atoms with Crippen molar-refractivity contribution in [2.75, 3.05) is 0 Å². The van der Waals surface area contributed by atoms with Gasteiger partial charge in [-0.15, -0.1) is 0 Å². The van der Waals surface area contributed by atoms with E-state index < -0.39 is 5.56 Å². The van der Waals surface area contributed by atoms with E-state index in [-0.39, 0.29) is 10.9 Å². The van der Waals surface area contributed by atoms with E-state index in [2.05, 4.69) is 29.1 Å². The van der Waals surface area contributed by atoms with Gasteiger partial charge in [0.05, 0.1) is 24.1 Å². The summed E-state index contributed by atoms with van der Waals surface area (Å²) in [6, 6.07) is 1.35. The first-order valence-electron chi connectivity index (χ1n) is 6.63. The largest absolute Gasteiger partial charge is 0.346 e. The van der Waals surface area contributed by atoms with Crippen LogP contribution in [0.5, 0.6) is 0 Å². The molecule has 0 aliphatic rings. The molecule has 2 aromatic heterocycles. The van der Waals surface area contributed by atoms with Gasteiger partial charge in [0.25, 0.3) is 11.5 Å². The van der Waals surface area contributed by atoms with Crippen LogP contribution in [0, 0.1) is 5.92 Å². The van der Waals surface area contributed by atoms with Crippen molar-refractivity contribution in [3.8, 4) is 0 Å². The fourth-order valence-corrected chi connectivity index (χ4v) is 2.09. The average Bonchev–Trinajstić information content (AvgIpc) is 2.85. The fraction of sp³-hybridized carbons (Fsp3) is 0.357. The molecule has 0 atom stereocenters. The van der Waals surface area contributed by atoms with E-state index in [9.17, 15) is 9.59 Å². The number of aromatic amines is 1. The van der Waals surface area contributed by atoms with Gasteiger partial charge in [-0.25, -0.2) is 4.98 Å². The summed E-state index contributed by atoms with van der Waals surface area (Å²) in [5.41, 5.74) is 0.824. The molecule has 0 saturated carbocycles. The van der Waals surface area contributed by atoms with E-state index in [0.29, 0.717) is 18.0 Å². The molecule has 0 spiro atoms. The number of H-pyrrole nitrogens is 1. The van der Waals surface area contributed by atoms with Crippen LogP contribution in [0.1, 0.15) is 29.9 Å². The van der Waals surface area contributed by atoms with Crippen LogP contribution in [0.15, 0.2) is 29.6 Å². The molecular formula is C14H17ClN4O2. The molecule has 2 aromatic rings. The lowest BCUT2D eigenvalue weighted by Gasteiger charge is -2.11. The third-order valence-corrected chi connectivity index (χ3v) is 3.19. The molecule has 2 N–H and O–H groups in total. The number of nitrogens with zero attached hydrogens (tertiary/aromatic N) is 2. The highest BCUT2D eigenvalue weighted by molar-refractivity contribution is 6.30. The normalized spacial score (nSPS) is 10.9. The summed E-state index contributed by atoms with van der Waals surface area (Å²) in [5.74, 6) is 0.192. The van der Waals surface area contributed by atoms with Gasteiger partial charge in [-0.3, -0.25) is 9.59 Å². The highest BCUT2D eigenvalue weighted by Gasteiger charge is 2.10. The third-order valence-electron chi connectivity index (χ3n) is 2.91. The predicted molar refractivity (Wildman–Crippen MR) is 80.3 cm³/mol. The number of imidazole rings is 1. The van der Waals surface area contributed by atoms with Crippen molar-refractivity contribution in [2.24, 2.45) is 5.92 Å². The minimum absolute atomic E-state index is 0.00694. The summed E-state index contributed by atoms with van der Waals surface area (Å²) in [6.45, 7) is 5.44. The second kappa shape index (κ2) is 6.58. The highest BCUT2D eigenvalue weighted by Crippen LogP contribution is 2.06. The standard InChI is InChI=1S/C14H17ClN4O2/c1-9(2)7-19-8-16-5-11(19)6-18-13(20)10-3-12(15)14(21)17-4-10/h3-5,8-9H,6-7H2,1-2H3,(H,17,21)(H,18,20). The van der Waals surface area contributed by atoms with Gasteiger partial charge in [0, 0.05) is 18.9 Å². The summed E-state index contributed by atoms with van der Waals surface area (Å²) in [6.07, 6.45) is 4.82. The van der Waals surface area contributed by atoms with Gasteiger partial charge in [-0.1, -0.05) is 25.4 Å². The minimum atomic E-state index is -0.414. The van der Waals surface area contributed by atoms with Gasteiger partial charge in [0.2, 0.25) is 0 Å². The molecule has 2 rings (SSSR count). The lowest BCUT2D eigenvalue weighted by atomic mass is 10.2. The number of nitrogens with one attached hydrogen (secondary N) is 2. The maximum Gasteiger partial charge on any atom is 0.266 e. The first-order chi connectivity index (χ1) is 9.97. The number of hydrogen-bond donors (Lipinski definition) is 2. The molecule has 1 amide bonds. The Morgan fingerprint density at radius 2 is 2.29 bits per heavy atom. The van der Waals surface area contributed by atoms with E-state index in [4.69, 9.17) is 11.6 Å². The van der Waals surface area contributed by atoms with E-state index >= 15 is 0 Å². The van der Waals surface area contributed by atoms with Crippen molar-refractivity contribution in [1.29, 1.82) is 0 Å². The van der Waals surface area contributed by atoms with Gasteiger partial charge in [-0.2, -0.15) is 0 Å². The smallest absolute Gasteiger partial charge is 0.266 e. The molecule has 0 bridgehead atoms. The van der Waals surface area contributed by atoms with Gasteiger partial charge < -0.3 is 14.9 Å². The summed E-state index contributed by atoms with van der Waals surface area (Å²) in [4.78, 5) is 29.7. The van der Waals surface area contributed by atoms with Crippen LogP contribution < -0.4 is 10.9 Å². The maximum absolute atomic E-state index is 12.0. The molecule has 0 aromatic carbocycles. The monoisotopic (exact) mass is 308 g/mol. The molecule has 0 fully saturated rings. The van der Waals surface area contributed by atoms with Crippen LogP contribution in [0.3, 0.4) is 0 Å². The second-order valence-electron chi connectivity index (χ2n) is 5.18. The zero-order valence-electron chi connectivity index (χ0n) is 11.9. The Bertz CT molecular complexity index is 690. The van der Waals surface area contributed by atoms with Crippen LogP contribution >= 0.6 is 11.6 Å². The van der Waals surface area contributed by atoms with Gasteiger partial charge in [0.15, 0.2) is 0 Å². The van der Waals surface area contributed by atoms with Gasteiger partial charge in [0.1, 0.15) is 5.02 Å². The number of carbonyl (C=O) groups excluding carboxylic acids is 1. The number of aromatic nitrogens is 3. The van der Waals surface area contributed by atoms with Crippen molar-refractivity contribution in [1.82, 2.24) is 19.9 Å². The summed E-state index contributed by atoms with van der Waals surface area (Å²) in [5, 5.41) is 2.77. The van der Waals surface area contributed by atoms with Crippen LogP contribution in [0.4, 0.5) is 0 Å². The molecule has 21 heavy (non-hydrogen) atoms. The molecule has 7 heteroatoms. The Balaban J connectivity index is 2.02. The summed E-state index contributed by atoms with van der Waals surface area (Å²) >= 11 is 5.70. The summed E-state index contributed by atoms with van der Waals surface area (Å²) < 4.78 is 2.00. The maximum atomic E-state index is 12.0. The number of carbonyl (C=O) groups is 1. The van der Waals surface area contributed by atoms with Crippen LogP contribution in [0.2, 0.25) is 5.02 Å². The molecule has 112 valence electrons. The molecule has 2 heterocycles. The SMILES string of the molecule is CC(C)Cn1cncc1CNC(=O)c1c[nH]c(=O)c(Cl)c1. The van der Waals surface area contributed by atoms with Crippen molar-refractivity contribution in [2.45, 2.75) is 26.9 Å². The zero-order valence-corrected chi connectivity index (χ0v) is 12.6. The Hall–Kier alpha value is -2.08. The average molecular weight is 309 g/mol. The molecule has 0 aliphatic carbocycles. The lowest BCUT2D eigenvalue weighted by Crippen LogP contribution is -2.25. The topological polar surface area (TPSA) is 79.8 Å². The van der Waals surface area contributed by atoms with Crippen LogP contribution in [-0.2, 0) is 13.1 Å². The van der Waals surface area contributed by atoms with Gasteiger partial charge >= 0.3 is 0 Å². The number of amides is 1. The first kappa shape index (κ1) is 15.3. The van der Waals surface area contributed by atoms with Crippen molar-refractivity contribution >= 4 is 17.5 Å². The Kier molecular flexibility index (Phi) is 4.80. The first-order valence-corrected chi connectivity index (χ1v) is 7.00.